The lowest BCUT2D eigenvalue weighted by Gasteiger charge is -2.05. The molecule has 0 aliphatic carbocycles. The summed E-state index contributed by atoms with van der Waals surface area (Å²) in [4.78, 5) is 27.9. The van der Waals surface area contributed by atoms with Gasteiger partial charge in [0.1, 0.15) is 0 Å². The van der Waals surface area contributed by atoms with Crippen molar-refractivity contribution in [3.63, 3.8) is 0 Å². The minimum absolute atomic E-state index is 0.241. The van der Waals surface area contributed by atoms with Crippen LogP contribution >= 0.6 is 0 Å². The molecule has 21 heavy (non-hydrogen) atoms. The Labute approximate surface area is 118 Å². The Morgan fingerprint density at radius 2 is 1.48 bits per heavy atom. The number of hydrogen-bond acceptors (Lipinski definition) is 2. The van der Waals surface area contributed by atoms with Crippen LogP contribution in [-0.4, -0.2) is 14.8 Å². The van der Waals surface area contributed by atoms with Gasteiger partial charge in [0.25, 0.3) is 11.1 Å². The monoisotopic (exact) mass is 277 g/mol. The molecule has 0 spiro atoms. The minimum atomic E-state index is -0.282. The lowest BCUT2D eigenvalue weighted by Crippen LogP contribution is -2.28. The predicted molar refractivity (Wildman–Crippen MR) is 82.0 cm³/mol. The fourth-order valence-corrected chi connectivity index (χ4v) is 2.61. The summed E-state index contributed by atoms with van der Waals surface area (Å²) in [7, 11) is 0. The van der Waals surface area contributed by atoms with Crippen LogP contribution < -0.4 is 11.1 Å². The van der Waals surface area contributed by atoms with Crippen LogP contribution in [0.15, 0.2) is 64.3 Å². The standard InChI is InChI=1S/C16H11N3O2/c20-15-10-5-1-2-6-11(10)16(21)19(18-15)14-9-17-13-8-4-3-7-12(13)14/h1-9,17H,(H,18,20). The fourth-order valence-electron chi connectivity index (χ4n) is 2.61. The van der Waals surface area contributed by atoms with Gasteiger partial charge in [-0.2, -0.15) is 0 Å². The molecule has 0 saturated heterocycles. The summed E-state index contributed by atoms with van der Waals surface area (Å²) in [6, 6.07) is 14.4. The highest BCUT2D eigenvalue weighted by molar-refractivity contribution is 5.88. The summed E-state index contributed by atoms with van der Waals surface area (Å²) in [6.45, 7) is 0. The zero-order chi connectivity index (χ0) is 14.4. The first-order valence-electron chi connectivity index (χ1n) is 6.56. The number of aromatic nitrogens is 3. The Hall–Kier alpha value is -3.08. The van der Waals surface area contributed by atoms with Gasteiger partial charge in [0.05, 0.1) is 16.5 Å². The third-order valence-electron chi connectivity index (χ3n) is 3.63. The molecule has 2 heterocycles. The Morgan fingerprint density at radius 1 is 0.810 bits per heavy atom. The molecule has 0 aliphatic rings. The van der Waals surface area contributed by atoms with Crippen LogP contribution in [0.1, 0.15) is 0 Å². The number of nitrogens with one attached hydrogen (secondary N) is 2. The highest BCUT2D eigenvalue weighted by Crippen LogP contribution is 2.19. The molecule has 4 rings (SSSR count). The predicted octanol–water partition coefficient (Wildman–Crippen LogP) is 2.16. The van der Waals surface area contributed by atoms with Gasteiger partial charge in [0.2, 0.25) is 0 Å². The number of rotatable bonds is 1. The largest absolute Gasteiger partial charge is 0.359 e. The van der Waals surface area contributed by atoms with Gasteiger partial charge in [0.15, 0.2) is 0 Å². The average molecular weight is 277 g/mol. The molecule has 5 nitrogen and oxygen atoms in total. The van der Waals surface area contributed by atoms with Crippen molar-refractivity contribution in [2.45, 2.75) is 0 Å². The number of aromatic amines is 2. The molecule has 0 aliphatic heterocycles. The van der Waals surface area contributed by atoms with Crippen LogP contribution in [0.5, 0.6) is 0 Å². The van der Waals surface area contributed by atoms with Gasteiger partial charge < -0.3 is 4.98 Å². The van der Waals surface area contributed by atoms with E-state index < -0.39 is 0 Å². The van der Waals surface area contributed by atoms with E-state index in [4.69, 9.17) is 0 Å². The molecule has 0 fully saturated rings. The van der Waals surface area contributed by atoms with Crippen molar-refractivity contribution in [3.8, 4) is 5.69 Å². The maximum absolute atomic E-state index is 12.6. The quantitative estimate of drug-likeness (QED) is 0.559. The molecule has 0 bridgehead atoms. The van der Waals surface area contributed by atoms with Crippen LogP contribution in [-0.2, 0) is 0 Å². The van der Waals surface area contributed by atoms with E-state index in [2.05, 4.69) is 10.1 Å². The van der Waals surface area contributed by atoms with E-state index in [0.29, 0.717) is 16.5 Å². The average Bonchev–Trinajstić information content (AvgIpc) is 2.95. The van der Waals surface area contributed by atoms with E-state index in [9.17, 15) is 9.59 Å². The highest BCUT2D eigenvalue weighted by atomic mass is 16.2. The molecule has 0 amide bonds. The molecule has 2 aromatic heterocycles. The van der Waals surface area contributed by atoms with Crippen LogP contribution in [0.4, 0.5) is 0 Å². The summed E-state index contributed by atoms with van der Waals surface area (Å²) in [5.41, 5.74) is 1.03. The van der Waals surface area contributed by atoms with Crippen molar-refractivity contribution in [1.29, 1.82) is 0 Å². The molecule has 102 valence electrons. The van der Waals surface area contributed by atoms with Gasteiger partial charge in [-0.1, -0.05) is 30.3 Å². The molecule has 2 aromatic carbocycles. The van der Waals surface area contributed by atoms with Crippen LogP contribution in [0.2, 0.25) is 0 Å². The molecular weight excluding hydrogens is 266 g/mol. The number of hydrogen-bond donors (Lipinski definition) is 2. The zero-order valence-electron chi connectivity index (χ0n) is 11.0. The van der Waals surface area contributed by atoms with E-state index in [1.807, 2.05) is 24.3 Å². The van der Waals surface area contributed by atoms with E-state index >= 15 is 0 Å². The summed E-state index contributed by atoms with van der Waals surface area (Å²) >= 11 is 0. The van der Waals surface area contributed by atoms with Crippen molar-refractivity contribution in [2.75, 3.05) is 0 Å². The van der Waals surface area contributed by atoms with E-state index in [-0.39, 0.29) is 11.1 Å². The highest BCUT2D eigenvalue weighted by Gasteiger charge is 2.11. The Morgan fingerprint density at radius 3 is 2.29 bits per heavy atom. The SMILES string of the molecule is O=c1[nH]n(-c2c[nH]c3ccccc23)c(=O)c2ccccc12. The maximum atomic E-state index is 12.6. The molecule has 5 heteroatoms. The maximum Gasteiger partial charge on any atom is 0.277 e. The first-order chi connectivity index (χ1) is 10.3. The first kappa shape index (κ1) is 11.7. The van der Waals surface area contributed by atoms with Crippen molar-refractivity contribution in [2.24, 2.45) is 0 Å². The van der Waals surface area contributed by atoms with Gasteiger partial charge in [-0.25, -0.2) is 4.68 Å². The number of benzene rings is 2. The number of H-pyrrole nitrogens is 2. The van der Waals surface area contributed by atoms with E-state index in [1.54, 1.807) is 30.5 Å². The van der Waals surface area contributed by atoms with Crippen molar-refractivity contribution in [1.82, 2.24) is 14.8 Å². The van der Waals surface area contributed by atoms with Gasteiger partial charge >= 0.3 is 0 Å². The second-order valence-electron chi connectivity index (χ2n) is 4.85. The Bertz CT molecular complexity index is 1090. The molecule has 0 radical (unpaired) electrons. The van der Waals surface area contributed by atoms with Crippen LogP contribution in [0, 0.1) is 0 Å². The van der Waals surface area contributed by atoms with Gasteiger partial charge in [-0.05, 0) is 18.2 Å². The second-order valence-corrected chi connectivity index (χ2v) is 4.85. The molecule has 2 N–H and O–H groups in total. The van der Waals surface area contributed by atoms with Gasteiger partial charge in [-0.3, -0.25) is 14.7 Å². The van der Waals surface area contributed by atoms with Gasteiger partial charge in [0, 0.05) is 17.1 Å². The molecule has 4 aromatic rings. The van der Waals surface area contributed by atoms with Crippen LogP contribution in [0.25, 0.3) is 27.4 Å². The van der Waals surface area contributed by atoms with Crippen molar-refractivity contribution < 1.29 is 0 Å². The summed E-state index contributed by atoms with van der Waals surface area (Å²) in [6.07, 6.45) is 1.72. The smallest absolute Gasteiger partial charge is 0.277 e. The topological polar surface area (TPSA) is 70.7 Å². The van der Waals surface area contributed by atoms with Crippen molar-refractivity contribution >= 4 is 21.7 Å². The first-order valence-corrected chi connectivity index (χ1v) is 6.56. The lowest BCUT2D eigenvalue weighted by atomic mass is 10.2. The van der Waals surface area contributed by atoms with Crippen LogP contribution in [0.3, 0.4) is 0 Å². The third-order valence-corrected chi connectivity index (χ3v) is 3.63. The molecular formula is C16H11N3O2. The molecule has 0 unspecified atom stereocenters. The van der Waals surface area contributed by atoms with Gasteiger partial charge in [-0.15, -0.1) is 0 Å². The molecule has 0 atom stereocenters. The van der Waals surface area contributed by atoms with Crippen molar-refractivity contribution in [3.05, 3.63) is 75.4 Å². The van der Waals surface area contributed by atoms with E-state index in [1.165, 1.54) is 4.68 Å². The normalized spacial score (nSPS) is 11.2. The summed E-state index contributed by atoms with van der Waals surface area (Å²) < 4.78 is 1.30. The minimum Gasteiger partial charge on any atom is -0.359 e. The van der Waals surface area contributed by atoms with E-state index in [0.717, 1.165) is 10.9 Å². The number of para-hydroxylation sites is 1. The lowest BCUT2D eigenvalue weighted by molar-refractivity contribution is 0.807. The third kappa shape index (κ3) is 1.64. The summed E-state index contributed by atoms with van der Waals surface area (Å²) in [5.74, 6) is 0. The fraction of sp³-hybridized carbons (Fsp3) is 0. The zero-order valence-corrected chi connectivity index (χ0v) is 11.0. The Balaban J connectivity index is 2.15. The summed E-state index contributed by atoms with van der Waals surface area (Å²) in [5, 5.41) is 4.33. The number of nitrogens with zero attached hydrogens (tertiary/aromatic N) is 1. The molecule has 0 saturated carbocycles. The second kappa shape index (κ2) is 4.21. The Kier molecular flexibility index (Phi) is 2.35. The number of fused-ring (bicyclic) bond motifs is 2.